The van der Waals surface area contributed by atoms with Crippen LogP contribution < -0.4 is 0 Å². The van der Waals surface area contributed by atoms with Crippen LogP contribution in [0, 0.1) is 11.8 Å². The molecule has 0 saturated heterocycles. The van der Waals surface area contributed by atoms with Gasteiger partial charge in [-0.05, 0) is 56.0 Å². The normalized spacial score (nSPS) is 33.5. The number of carbonyl (C=O) groups excluding carboxylic acids is 1. The molecule has 0 radical (unpaired) electrons. The van der Waals surface area contributed by atoms with Gasteiger partial charge >= 0.3 is 0 Å². The molecular formula is C27H31NO2. The molecule has 3 nitrogen and oxygen atoms in total. The summed E-state index contributed by atoms with van der Waals surface area (Å²) in [4.78, 5) is 16.4. The van der Waals surface area contributed by atoms with Gasteiger partial charge in [0.15, 0.2) is 5.78 Å². The molecule has 2 aromatic rings. The summed E-state index contributed by atoms with van der Waals surface area (Å²) in [7, 11) is 4.18. The third kappa shape index (κ3) is 2.61. The van der Waals surface area contributed by atoms with Crippen LogP contribution in [0.5, 0.6) is 0 Å². The van der Waals surface area contributed by atoms with Gasteiger partial charge in [0.2, 0.25) is 0 Å². The number of nitrogens with zero attached hydrogens (tertiary/aromatic N) is 1. The molecule has 0 amide bonds. The number of hydrogen-bond acceptors (Lipinski definition) is 3. The molecule has 0 spiro atoms. The summed E-state index contributed by atoms with van der Waals surface area (Å²) >= 11 is 0. The molecule has 0 aromatic heterocycles. The summed E-state index contributed by atoms with van der Waals surface area (Å²) < 4.78 is 0. The topological polar surface area (TPSA) is 40.5 Å². The lowest BCUT2D eigenvalue weighted by Crippen LogP contribution is -2.53. The first-order valence-corrected chi connectivity index (χ1v) is 11.3. The second-order valence-corrected chi connectivity index (χ2v) is 9.59. The molecule has 2 saturated carbocycles. The predicted molar refractivity (Wildman–Crippen MR) is 121 cm³/mol. The second-order valence-electron chi connectivity index (χ2n) is 9.59. The highest BCUT2D eigenvalue weighted by Crippen LogP contribution is 2.64. The maximum absolute atomic E-state index is 14.2. The lowest BCUT2D eigenvalue weighted by atomic mass is 9.74. The van der Waals surface area contributed by atoms with Crippen molar-refractivity contribution < 1.29 is 9.90 Å². The first-order valence-electron chi connectivity index (χ1n) is 11.3. The molecule has 2 fully saturated rings. The fourth-order valence-corrected chi connectivity index (χ4v) is 6.72. The zero-order valence-corrected chi connectivity index (χ0v) is 18.0. The molecule has 4 atom stereocenters. The van der Waals surface area contributed by atoms with Crippen molar-refractivity contribution in [3.8, 4) is 0 Å². The van der Waals surface area contributed by atoms with E-state index in [0.29, 0.717) is 0 Å². The van der Waals surface area contributed by atoms with Gasteiger partial charge in [-0.15, -0.1) is 0 Å². The Kier molecular flexibility index (Phi) is 4.72. The summed E-state index contributed by atoms with van der Waals surface area (Å²) in [6, 6.07) is 20.4. The van der Waals surface area contributed by atoms with Crippen LogP contribution in [-0.2, 0) is 4.79 Å². The van der Waals surface area contributed by atoms with E-state index in [2.05, 4.69) is 31.1 Å². The van der Waals surface area contributed by atoms with Gasteiger partial charge in [0.05, 0.1) is 17.1 Å². The Morgan fingerprint density at radius 3 is 2.17 bits per heavy atom. The Balaban J connectivity index is 1.80. The Bertz CT molecular complexity index is 980. The van der Waals surface area contributed by atoms with Crippen LogP contribution in [0.15, 0.2) is 60.7 Å². The van der Waals surface area contributed by atoms with E-state index in [1.54, 1.807) is 0 Å². The molecule has 0 bridgehead atoms. The Labute approximate surface area is 179 Å². The minimum absolute atomic E-state index is 0.126. The van der Waals surface area contributed by atoms with Gasteiger partial charge < -0.3 is 5.11 Å². The molecule has 3 aliphatic rings. The van der Waals surface area contributed by atoms with Gasteiger partial charge in [0.1, 0.15) is 0 Å². The minimum Gasteiger partial charge on any atom is -0.389 e. The summed E-state index contributed by atoms with van der Waals surface area (Å²) in [6.07, 6.45) is 5.88. The summed E-state index contributed by atoms with van der Waals surface area (Å²) in [5.74, 6) is -0.110. The Morgan fingerprint density at radius 2 is 1.53 bits per heavy atom. The van der Waals surface area contributed by atoms with Crippen molar-refractivity contribution in [3.05, 3.63) is 71.8 Å². The molecule has 0 aliphatic heterocycles. The second kappa shape index (κ2) is 7.18. The number of ketones is 1. The molecular weight excluding hydrogens is 370 g/mol. The third-order valence-corrected chi connectivity index (χ3v) is 7.99. The monoisotopic (exact) mass is 401 g/mol. The average molecular weight is 402 g/mol. The fraction of sp³-hybridized carbons (Fsp3) is 0.444. The van der Waals surface area contributed by atoms with Gasteiger partial charge in [0, 0.05) is 5.57 Å². The Morgan fingerprint density at radius 1 is 0.900 bits per heavy atom. The van der Waals surface area contributed by atoms with Crippen molar-refractivity contribution in [3.63, 3.8) is 0 Å². The number of allylic oxidation sites excluding steroid dienone is 1. The van der Waals surface area contributed by atoms with E-state index in [0.717, 1.165) is 60.8 Å². The van der Waals surface area contributed by atoms with E-state index < -0.39 is 17.1 Å². The summed E-state index contributed by atoms with van der Waals surface area (Å²) in [6.45, 7) is 0. The minimum atomic E-state index is -0.922. The van der Waals surface area contributed by atoms with Crippen molar-refractivity contribution in [2.24, 2.45) is 11.8 Å². The highest BCUT2D eigenvalue weighted by atomic mass is 16.3. The predicted octanol–water partition coefficient (Wildman–Crippen LogP) is 4.81. The lowest BCUT2D eigenvalue weighted by Gasteiger charge is -2.42. The fourth-order valence-electron chi connectivity index (χ4n) is 6.72. The molecule has 0 heterocycles. The van der Waals surface area contributed by atoms with Gasteiger partial charge in [0.25, 0.3) is 0 Å². The number of hydrogen-bond donors (Lipinski definition) is 1. The number of rotatable bonds is 3. The summed E-state index contributed by atoms with van der Waals surface area (Å²) in [5, 5.41) is 12.1. The molecule has 0 unspecified atom stereocenters. The van der Waals surface area contributed by atoms with Crippen molar-refractivity contribution in [1.82, 2.24) is 4.90 Å². The van der Waals surface area contributed by atoms with Crippen LogP contribution in [0.25, 0.3) is 11.1 Å². The van der Waals surface area contributed by atoms with Crippen LogP contribution in [0.4, 0.5) is 0 Å². The highest BCUT2D eigenvalue weighted by Gasteiger charge is 2.70. The molecule has 156 valence electrons. The molecule has 3 aliphatic carbocycles. The van der Waals surface area contributed by atoms with Crippen molar-refractivity contribution in [2.45, 2.75) is 49.7 Å². The van der Waals surface area contributed by atoms with E-state index in [9.17, 15) is 9.90 Å². The van der Waals surface area contributed by atoms with Crippen LogP contribution in [0.3, 0.4) is 0 Å². The molecule has 5 rings (SSSR count). The summed E-state index contributed by atoms with van der Waals surface area (Å²) in [5.41, 5.74) is 2.58. The number of Topliss-reactive ketones (excluding diaryl/α,β-unsaturated/α-hetero) is 1. The molecule has 30 heavy (non-hydrogen) atoms. The van der Waals surface area contributed by atoms with Crippen LogP contribution in [-0.4, -0.2) is 41.0 Å². The highest BCUT2D eigenvalue weighted by molar-refractivity contribution is 6.34. The van der Waals surface area contributed by atoms with E-state index in [-0.39, 0.29) is 11.7 Å². The lowest BCUT2D eigenvalue weighted by molar-refractivity contribution is -0.130. The average Bonchev–Trinajstić information content (AvgIpc) is 3.09. The number of likely N-dealkylation sites (N-methyl/N-ethyl adjacent to an activating group) is 1. The Hall–Kier alpha value is -2.23. The maximum Gasteiger partial charge on any atom is 0.172 e. The zero-order chi connectivity index (χ0) is 20.9. The SMILES string of the molecule is CN(C)[C@@]12C[C@@H]3CCCCC[C@]3(O)[C@@H]1C(=O)C(c1ccccc1)=C2c1ccccc1. The molecule has 3 heteroatoms. The molecule has 1 N–H and O–H groups in total. The van der Waals surface area contributed by atoms with Crippen LogP contribution >= 0.6 is 0 Å². The van der Waals surface area contributed by atoms with Gasteiger partial charge in [-0.2, -0.15) is 0 Å². The van der Waals surface area contributed by atoms with Crippen LogP contribution in [0.2, 0.25) is 0 Å². The van der Waals surface area contributed by atoms with Crippen molar-refractivity contribution in [2.75, 3.05) is 14.1 Å². The van der Waals surface area contributed by atoms with Crippen molar-refractivity contribution in [1.29, 1.82) is 0 Å². The third-order valence-electron chi connectivity index (χ3n) is 7.99. The van der Waals surface area contributed by atoms with Gasteiger partial charge in [-0.3, -0.25) is 9.69 Å². The van der Waals surface area contributed by atoms with Crippen molar-refractivity contribution >= 4 is 16.9 Å². The number of aliphatic hydroxyl groups is 1. The molecule has 2 aromatic carbocycles. The quantitative estimate of drug-likeness (QED) is 0.802. The van der Waals surface area contributed by atoms with E-state index in [1.807, 2.05) is 48.5 Å². The number of fused-ring (bicyclic) bond motifs is 3. The van der Waals surface area contributed by atoms with Gasteiger partial charge in [-0.1, -0.05) is 79.9 Å². The van der Waals surface area contributed by atoms with E-state index in [1.165, 1.54) is 0 Å². The first-order chi connectivity index (χ1) is 14.5. The van der Waals surface area contributed by atoms with Crippen LogP contribution in [0.1, 0.15) is 49.7 Å². The van der Waals surface area contributed by atoms with E-state index >= 15 is 0 Å². The number of carbonyl (C=O) groups is 1. The smallest absolute Gasteiger partial charge is 0.172 e. The standard InChI is InChI=1S/C27H31NO2/c1-28(2)26-18-21-16-10-5-11-17-27(21,30)25(26)24(29)22(19-12-6-3-7-13-19)23(26)20-14-8-4-9-15-20/h3-4,6-9,12-15,21,25,30H,5,10-11,16-18H2,1-2H3/t21-,25+,26+,27+/m0/s1. The first kappa shape index (κ1) is 19.7. The largest absolute Gasteiger partial charge is 0.389 e. The zero-order valence-electron chi connectivity index (χ0n) is 18.0. The number of benzene rings is 2. The van der Waals surface area contributed by atoms with E-state index in [4.69, 9.17) is 0 Å². The maximum atomic E-state index is 14.2. The van der Waals surface area contributed by atoms with Gasteiger partial charge in [-0.25, -0.2) is 0 Å².